The lowest BCUT2D eigenvalue weighted by Gasteiger charge is -2.21. The molecule has 15 heavy (non-hydrogen) atoms. The number of nitrogens with two attached hydrogens (primary N) is 1. The zero-order valence-corrected chi connectivity index (χ0v) is 10.5. The Labute approximate surface area is 95.6 Å². The third kappa shape index (κ3) is 4.22. The van der Waals surface area contributed by atoms with Gasteiger partial charge in [-0.3, -0.25) is 0 Å². The standard InChI is InChI=1S/C10H20N4S/c1-10(2,7-11)5-4-6-15-9-12-8-13-14(9)3/h8H,4-7,11H2,1-3H3. The van der Waals surface area contributed by atoms with Gasteiger partial charge in [-0.2, -0.15) is 5.10 Å². The zero-order valence-electron chi connectivity index (χ0n) is 9.73. The molecule has 1 aromatic rings. The van der Waals surface area contributed by atoms with E-state index in [-0.39, 0.29) is 5.41 Å². The molecule has 1 aromatic heterocycles. The molecule has 0 unspecified atom stereocenters. The summed E-state index contributed by atoms with van der Waals surface area (Å²) >= 11 is 1.75. The highest BCUT2D eigenvalue weighted by Gasteiger charge is 2.14. The van der Waals surface area contributed by atoms with E-state index >= 15 is 0 Å². The molecule has 1 heterocycles. The molecule has 86 valence electrons. The Morgan fingerprint density at radius 3 is 2.80 bits per heavy atom. The molecule has 5 heteroatoms. The minimum absolute atomic E-state index is 0.264. The quantitative estimate of drug-likeness (QED) is 0.594. The first-order valence-electron chi connectivity index (χ1n) is 5.22. The first kappa shape index (κ1) is 12.5. The number of hydrogen-bond acceptors (Lipinski definition) is 4. The van der Waals surface area contributed by atoms with Crippen molar-refractivity contribution in [2.75, 3.05) is 12.3 Å². The average molecular weight is 228 g/mol. The molecule has 0 saturated heterocycles. The Bertz CT molecular complexity index is 295. The lowest BCUT2D eigenvalue weighted by molar-refractivity contribution is 0.345. The fourth-order valence-corrected chi connectivity index (χ4v) is 2.06. The molecule has 0 aliphatic rings. The van der Waals surface area contributed by atoms with Crippen LogP contribution in [-0.4, -0.2) is 27.1 Å². The molecule has 4 nitrogen and oxygen atoms in total. The highest BCUT2D eigenvalue weighted by atomic mass is 32.2. The van der Waals surface area contributed by atoms with Gasteiger partial charge in [0.25, 0.3) is 0 Å². The maximum Gasteiger partial charge on any atom is 0.185 e. The van der Waals surface area contributed by atoms with Crippen LogP contribution in [0.15, 0.2) is 11.5 Å². The van der Waals surface area contributed by atoms with Crippen LogP contribution in [0.1, 0.15) is 26.7 Å². The molecule has 2 N–H and O–H groups in total. The van der Waals surface area contributed by atoms with Gasteiger partial charge < -0.3 is 5.73 Å². The first-order valence-corrected chi connectivity index (χ1v) is 6.20. The van der Waals surface area contributed by atoms with Crippen LogP contribution in [0.25, 0.3) is 0 Å². The van der Waals surface area contributed by atoms with E-state index in [4.69, 9.17) is 5.73 Å². The third-order valence-corrected chi connectivity index (χ3v) is 3.57. The summed E-state index contributed by atoms with van der Waals surface area (Å²) in [6, 6.07) is 0. The molecular weight excluding hydrogens is 208 g/mol. The van der Waals surface area contributed by atoms with E-state index in [9.17, 15) is 0 Å². The Morgan fingerprint density at radius 1 is 1.53 bits per heavy atom. The van der Waals surface area contributed by atoms with Crippen molar-refractivity contribution in [3.05, 3.63) is 6.33 Å². The molecule has 0 fully saturated rings. The van der Waals surface area contributed by atoms with Crippen LogP contribution in [0.3, 0.4) is 0 Å². The van der Waals surface area contributed by atoms with Crippen molar-refractivity contribution >= 4 is 11.8 Å². The number of rotatable bonds is 6. The average Bonchev–Trinajstić information content (AvgIpc) is 2.59. The second-order valence-electron chi connectivity index (χ2n) is 4.49. The van der Waals surface area contributed by atoms with Crippen molar-refractivity contribution in [1.29, 1.82) is 0 Å². The summed E-state index contributed by atoms with van der Waals surface area (Å²) in [5, 5.41) is 5.01. The Kier molecular flexibility index (Phi) is 4.60. The Morgan fingerprint density at radius 2 is 2.27 bits per heavy atom. The molecule has 0 amide bonds. The fourth-order valence-electron chi connectivity index (χ4n) is 1.23. The van der Waals surface area contributed by atoms with Gasteiger partial charge in [0.05, 0.1) is 0 Å². The van der Waals surface area contributed by atoms with E-state index in [1.165, 1.54) is 6.42 Å². The van der Waals surface area contributed by atoms with E-state index in [0.29, 0.717) is 0 Å². The largest absolute Gasteiger partial charge is 0.330 e. The summed E-state index contributed by atoms with van der Waals surface area (Å²) in [5.74, 6) is 1.08. The molecule has 0 radical (unpaired) electrons. The van der Waals surface area contributed by atoms with Crippen LogP contribution < -0.4 is 5.73 Å². The predicted octanol–water partition coefficient (Wildman–Crippen LogP) is 1.67. The maximum atomic E-state index is 5.67. The van der Waals surface area contributed by atoms with E-state index < -0.39 is 0 Å². The molecule has 0 aliphatic carbocycles. The second kappa shape index (κ2) is 5.51. The number of hydrogen-bond donors (Lipinski definition) is 1. The van der Waals surface area contributed by atoms with E-state index in [1.54, 1.807) is 22.8 Å². The van der Waals surface area contributed by atoms with Crippen LogP contribution in [0.4, 0.5) is 0 Å². The number of nitrogens with zero attached hydrogens (tertiary/aromatic N) is 3. The van der Waals surface area contributed by atoms with Crippen molar-refractivity contribution in [1.82, 2.24) is 14.8 Å². The summed E-state index contributed by atoms with van der Waals surface area (Å²) in [6.45, 7) is 5.17. The molecule has 0 bridgehead atoms. The highest BCUT2D eigenvalue weighted by molar-refractivity contribution is 7.99. The molecule has 0 aliphatic heterocycles. The summed E-state index contributed by atoms with van der Waals surface area (Å²) in [6.07, 6.45) is 3.92. The molecule has 0 atom stereocenters. The Hall–Kier alpha value is -0.550. The van der Waals surface area contributed by atoms with Gasteiger partial charge in [0.15, 0.2) is 5.16 Å². The Balaban J connectivity index is 2.20. The zero-order chi connectivity index (χ0) is 11.3. The lowest BCUT2D eigenvalue weighted by atomic mass is 9.88. The van der Waals surface area contributed by atoms with Gasteiger partial charge in [-0.1, -0.05) is 25.6 Å². The van der Waals surface area contributed by atoms with Gasteiger partial charge in [0, 0.05) is 12.8 Å². The summed E-state index contributed by atoms with van der Waals surface area (Å²) in [7, 11) is 1.92. The third-order valence-electron chi connectivity index (χ3n) is 2.45. The molecule has 1 rings (SSSR count). The normalized spacial score (nSPS) is 12.0. The summed E-state index contributed by atoms with van der Waals surface area (Å²) in [4.78, 5) is 4.16. The van der Waals surface area contributed by atoms with Crippen LogP contribution in [0.5, 0.6) is 0 Å². The SMILES string of the molecule is Cn1ncnc1SCCCC(C)(C)CN. The topological polar surface area (TPSA) is 56.7 Å². The smallest absolute Gasteiger partial charge is 0.185 e. The minimum Gasteiger partial charge on any atom is -0.330 e. The van der Waals surface area contributed by atoms with Crippen LogP contribution in [0, 0.1) is 5.41 Å². The van der Waals surface area contributed by atoms with E-state index in [2.05, 4.69) is 23.9 Å². The number of aryl methyl sites for hydroxylation is 1. The summed E-state index contributed by atoms with van der Waals surface area (Å²) < 4.78 is 1.80. The second-order valence-corrected chi connectivity index (χ2v) is 5.55. The van der Waals surface area contributed by atoms with Crippen molar-refractivity contribution in [2.45, 2.75) is 31.8 Å². The molecule has 0 aromatic carbocycles. The van der Waals surface area contributed by atoms with Crippen LogP contribution in [-0.2, 0) is 7.05 Å². The van der Waals surface area contributed by atoms with Gasteiger partial charge >= 0.3 is 0 Å². The van der Waals surface area contributed by atoms with Gasteiger partial charge in [-0.15, -0.1) is 0 Å². The minimum atomic E-state index is 0.264. The van der Waals surface area contributed by atoms with Crippen molar-refractivity contribution in [3.63, 3.8) is 0 Å². The van der Waals surface area contributed by atoms with Gasteiger partial charge in [0.2, 0.25) is 0 Å². The van der Waals surface area contributed by atoms with Crippen molar-refractivity contribution in [2.24, 2.45) is 18.2 Å². The number of aromatic nitrogens is 3. The van der Waals surface area contributed by atoms with Gasteiger partial charge in [-0.25, -0.2) is 9.67 Å². The van der Waals surface area contributed by atoms with Crippen molar-refractivity contribution in [3.8, 4) is 0 Å². The van der Waals surface area contributed by atoms with Gasteiger partial charge in [0.1, 0.15) is 6.33 Å². The number of thioether (sulfide) groups is 1. The molecule has 0 spiro atoms. The summed E-state index contributed by atoms with van der Waals surface area (Å²) in [5.41, 5.74) is 5.94. The van der Waals surface area contributed by atoms with Gasteiger partial charge in [-0.05, 0) is 24.8 Å². The van der Waals surface area contributed by atoms with Crippen LogP contribution >= 0.6 is 11.8 Å². The highest BCUT2D eigenvalue weighted by Crippen LogP contribution is 2.23. The van der Waals surface area contributed by atoms with E-state index in [0.717, 1.165) is 23.9 Å². The maximum absolute atomic E-state index is 5.67. The lowest BCUT2D eigenvalue weighted by Crippen LogP contribution is -2.23. The van der Waals surface area contributed by atoms with E-state index in [1.807, 2.05) is 7.05 Å². The monoisotopic (exact) mass is 228 g/mol. The first-order chi connectivity index (χ1) is 7.05. The predicted molar refractivity (Wildman–Crippen MR) is 63.8 cm³/mol. The van der Waals surface area contributed by atoms with Crippen molar-refractivity contribution < 1.29 is 0 Å². The molecular formula is C10H20N4S. The fraction of sp³-hybridized carbons (Fsp3) is 0.800. The molecule has 0 saturated carbocycles. The van der Waals surface area contributed by atoms with Crippen LogP contribution in [0.2, 0.25) is 0 Å².